The number of hydrogen-bond donors (Lipinski definition) is 1. The lowest BCUT2D eigenvalue weighted by Gasteiger charge is -2.35. The molecule has 3 aromatic rings. The van der Waals surface area contributed by atoms with Gasteiger partial charge in [0.2, 0.25) is 0 Å². The van der Waals surface area contributed by atoms with Crippen LogP contribution in [-0.2, 0) is 48.2 Å². The van der Waals surface area contributed by atoms with E-state index in [1.165, 1.54) is 0 Å². The summed E-state index contributed by atoms with van der Waals surface area (Å²) in [5.74, 6) is -1.49. The Hall–Kier alpha value is -2.56. The summed E-state index contributed by atoms with van der Waals surface area (Å²) in [5, 5.41) is 11.0. The number of aliphatic hydroxyl groups is 1. The Morgan fingerprint density at radius 1 is 0.800 bits per heavy atom. The van der Waals surface area contributed by atoms with Crippen LogP contribution in [0.1, 0.15) is 30.5 Å². The molecule has 4 rings (SSSR count). The van der Waals surface area contributed by atoms with Gasteiger partial charge in [-0.1, -0.05) is 104 Å². The molecule has 0 aromatic heterocycles. The molecule has 1 N–H and O–H groups in total. The van der Waals surface area contributed by atoms with Crippen LogP contribution in [0.25, 0.3) is 0 Å². The van der Waals surface area contributed by atoms with Crippen molar-refractivity contribution in [3.8, 4) is 0 Å². The molecular formula is C32H41BO7. The molecule has 0 radical (unpaired) electrons. The van der Waals surface area contributed by atoms with Crippen molar-refractivity contribution in [3.63, 3.8) is 0 Å². The van der Waals surface area contributed by atoms with Crippen LogP contribution >= 0.6 is 0 Å². The van der Waals surface area contributed by atoms with E-state index < -0.39 is 30.6 Å². The van der Waals surface area contributed by atoms with Gasteiger partial charge in [0.25, 0.3) is 5.97 Å². The van der Waals surface area contributed by atoms with E-state index in [4.69, 9.17) is 28.4 Å². The third-order valence-corrected chi connectivity index (χ3v) is 6.81. The first-order valence-corrected chi connectivity index (χ1v) is 14.1. The molecule has 1 aliphatic rings. The highest BCUT2D eigenvalue weighted by Gasteiger charge is 2.51. The molecule has 1 fully saturated rings. The van der Waals surface area contributed by atoms with Gasteiger partial charge >= 0.3 is 0 Å². The lowest BCUT2D eigenvalue weighted by molar-refractivity contribution is -0.340. The van der Waals surface area contributed by atoms with Crippen molar-refractivity contribution < 1.29 is 33.5 Å². The standard InChI is InChI=1S/C32H41BO7/c1-24(20-35-21-25-12-6-3-7-13-25)28(36-22-26-14-8-4-9-15-26)29(37-23-27-16-10-5-11-17-27)30-31(34)40-32(2,39-30)38-19-18-33/h3-17,24,28-31,34H,18-23,33H2,1-2H3/t24?,28-,29?,30?,31+,32?/m1/s1. The van der Waals surface area contributed by atoms with Crippen LogP contribution < -0.4 is 0 Å². The Morgan fingerprint density at radius 3 is 1.88 bits per heavy atom. The first-order chi connectivity index (χ1) is 19.5. The van der Waals surface area contributed by atoms with Crippen LogP contribution in [-0.4, -0.2) is 56.7 Å². The predicted molar refractivity (Wildman–Crippen MR) is 155 cm³/mol. The van der Waals surface area contributed by atoms with Gasteiger partial charge in [0.05, 0.1) is 32.5 Å². The molecule has 0 amide bonds. The molecule has 0 saturated carbocycles. The largest absolute Gasteiger partial charge is 0.376 e. The van der Waals surface area contributed by atoms with Gasteiger partial charge in [0.15, 0.2) is 6.29 Å². The van der Waals surface area contributed by atoms with Crippen LogP contribution in [0.2, 0.25) is 6.32 Å². The van der Waals surface area contributed by atoms with Gasteiger partial charge in [-0.2, -0.15) is 0 Å². The topological polar surface area (TPSA) is 75.6 Å². The van der Waals surface area contributed by atoms with Crippen LogP contribution in [0.15, 0.2) is 91.0 Å². The molecule has 6 atom stereocenters. The van der Waals surface area contributed by atoms with Crippen molar-refractivity contribution in [2.75, 3.05) is 13.2 Å². The Labute approximate surface area is 238 Å². The lowest BCUT2D eigenvalue weighted by atomic mass is 9.95. The monoisotopic (exact) mass is 548 g/mol. The van der Waals surface area contributed by atoms with Gasteiger partial charge in [-0.15, -0.1) is 0 Å². The summed E-state index contributed by atoms with van der Waals surface area (Å²) < 4.78 is 37.0. The Morgan fingerprint density at radius 2 is 1.32 bits per heavy atom. The first kappa shape index (κ1) is 30.4. The van der Waals surface area contributed by atoms with E-state index in [-0.39, 0.29) is 5.92 Å². The third-order valence-electron chi connectivity index (χ3n) is 6.81. The average Bonchev–Trinajstić information content (AvgIpc) is 3.28. The zero-order chi connectivity index (χ0) is 28.2. The average molecular weight is 548 g/mol. The molecule has 0 bridgehead atoms. The summed E-state index contributed by atoms with van der Waals surface area (Å²) in [6.45, 7) is 5.76. The number of hydrogen-bond acceptors (Lipinski definition) is 7. The maximum absolute atomic E-state index is 11.0. The fourth-order valence-electron chi connectivity index (χ4n) is 4.73. The fourth-order valence-corrected chi connectivity index (χ4v) is 4.73. The molecule has 3 aromatic carbocycles. The van der Waals surface area contributed by atoms with Crippen molar-refractivity contribution in [1.29, 1.82) is 0 Å². The molecule has 8 heteroatoms. The quantitative estimate of drug-likeness (QED) is 0.265. The molecule has 1 heterocycles. The van der Waals surface area contributed by atoms with Crippen molar-refractivity contribution in [3.05, 3.63) is 108 Å². The molecule has 1 aliphatic heterocycles. The van der Waals surface area contributed by atoms with Gasteiger partial charge in [0.1, 0.15) is 20.1 Å². The molecular weight excluding hydrogens is 507 g/mol. The number of benzene rings is 3. The van der Waals surface area contributed by atoms with Gasteiger partial charge < -0.3 is 28.8 Å². The van der Waals surface area contributed by atoms with Crippen LogP contribution in [0.3, 0.4) is 0 Å². The van der Waals surface area contributed by atoms with Crippen molar-refractivity contribution in [1.82, 2.24) is 0 Å². The summed E-state index contributed by atoms with van der Waals surface area (Å²) in [7, 11) is 2.00. The molecule has 0 aliphatic carbocycles. The van der Waals surface area contributed by atoms with E-state index in [0.29, 0.717) is 33.0 Å². The van der Waals surface area contributed by atoms with E-state index in [0.717, 1.165) is 23.0 Å². The summed E-state index contributed by atoms with van der Waals surface area (Å²) in [5.41, 5.74) is 3.13. The summed E-state index contributed by atoms with van der Waals surface area (Å²) >= 11 is 0. The second-order valence-corrected chi connectivity index (χ2v) is 10.3. The minimum absolute atomic E-state index is 0.104. The van der Waals surface area contributed by atoms with Gasteiger partial charge in [-0.25, -0.2) is 0 Å². The highest BCUT2D eigenvalue weighted by molar-refractivity contribution is 6.08. The van der Waals surface area contributed by atoms with Crippen molar-refractivity contribution in [2.24, 2.45) is 5.92 Å². The minimum Gasteiger partial charge on any atom is -0.376 e. The third kappa shape index (κ3) is 8.98. The van der Waals surface area contributed by atoms with E-state index in [1.807, 2.05) is 98.8 Å². The normalized spacial score (nSPS) is 23.1. The van der Waals surface area contributed by atoms with E-state index in [9.17, 15) is 5.11 Å². The van der Waals surface area contributed by atoms with E-state index in [2.05, 4.69) is 6.92 Å². The molecule has 4 unspecified atom stereocenters. The highest BCUT2D eigenvalue weighted by atomic mass is 16.9. The fraction of sp³-hybridized carbons (Fsp3) is 0.438. The summed E-state index contributed by atoms with van der Waals surface area (Å²) in [6.07, 6.45) is -2.49. The number of ether oxygens (including phenoxy) is 6. The van der Waals surface area contributed by atoms with Crippen LogP contribution in [0.5, 0.6) is 0 Å². The van der Waals surface area contributed by atoms with Crippen LogP contribution in [0.4, 0.5) is 0 Å². The SMILES string of the molecule is BCCOC1(C)OC(C(OCc2ccccc2)[C@H](OCc2ccccc2)C(C)COCc2ccccc2)[C@@H](O)O1. The van der Waals surface area contributed by atoms with Gasteiger partial charge in [-0.3, -0.25) is 4.74 Å². The molecule has 40 heavy (non-hydrogen) atoms. The molecule has 0 spiro atoms. The van der Waals surface area contributed by atoms with Gasteiger partial charge in [0, 0.05) is 19.4 Å². The Bertz CT molecular complexity index is 1100. The second-order valence-electron chi connectivity index (χ2n) is 10.3. The smallest absolute Gasteiger partial charge is 0.282 e. The summed E-state index contributed by atoms with van der Waals surface area (Å²) in [4.78, 5) is 0. The molecule has 1 saturated heterocycles. The van der Waals surface area contributed by atoms with Gasteiger partial charge in [-0.05, 0) is 16.7 Å². The maximum atomic E-state index is 11.0. The predicted octanol–water partition coefficient (Wildman–Crippen LogP) is 4.49. The molecule has 7 nitrogen and oxygen atoms in total. The Kier molecular flexibility index (Phi) is 11.7. The second kappa shape index (κ2) is 15.4. The minimum atomic E-state index is -1.38. The summed E-state index contributed by atoms with van der Waals surface area (Å²) in [6, 6.07) is 29.9. The highest BCUT2D eigenvalue weighted by Crippen LogP contribution is 2.35. The Balaban J connectivity index is 1.55. The van der Waals surface area contributed by atoms with Crippen molar-refractivity contribution >= 4 is 7.85 Å². The van der Waals surface area contributed by atoms with E-state index in [1.54, 1.807) is 6.92 Å². The maximum Gasteiger partial charge on any atom is 0.282 e. The zero-order valence-electron chi connectivity index (χ0n) is 23.7. The van der Waals surface area contributed by atoms with Crippen LogP contribution in [0, 0.1) is 5.92 Å². The molecule has 214 valence electrons. The number of aliphatic hydroxyl groups excluding tert-OH is 1. The zero-order valence-corrected chi connectivity index (χ0v) is 23.7. The van der Waals surface area contributed by atoms with E-state index >= 15 is 0 Å². The lowest BCUT2D eigenvalue weighted by Crippen LogP contribution is -2.49. The number of rotatable bonds is 16. The first-order valence-electron chi connectivity index (χ1n) is 14.1. The van der Waals surface area contributed by atoms with Crippen molar-refractivity contribution in [2.45, 2.75) is 70.6 Å².